The minimum Gasteiger partial charge on any atom is -0.377 e. The van der Waals surface area contributed by atoms with Crippen LogP contribution in [0.1, 0.15) is 19.3 Å². The molecule has 0 spiro atoms. The van der Waals surface area contributed by atoms with Gasteiger partial charge in [0.1, 0.15) is 0 Å². The van der Waals surface area contributed by atoms with Crippen LogP contribution in [0.5, 0.6) is 0 Å². The van der Waals surface area contributed by atoms with Crippen LogP contribution >= 0.6 is 11.8 Å². The Morgan fingerprint density at radius 2 is 1.86 bits per heavy atom. The van der Waals surface area contributed by atoms with E-state index in [-0.39, 0.29) is 23.5 Å². The van der Waals surface area contributed by atoms with Crippen LogP contribution in [-0.4, -0.2) is 39.3 Å². The summed E-state index contributed by atoms with van der Waals surface area (Å²) in [4.78, 5) is 13.4. The lowest BCUT2D eigenvalue weighted by molar-refractivity contribution is -0.115. The number of anilines is 1. The van der Waals surface area contributed by atoms with Gasteiger partial charge in [-0.1, -0.05) is 18.2 Å². The van der Waals surface area contributed by atoms with Crippen molar-refractivity contribution < 1.29 is 17.9 Å². The van der Waals surface area contributed by atoms with E-state index in [2.05, 4.69) is 10.0 Å². The van der Waals surface area contributed by atoms with Crippen LogP contribution in [0.2, 0.25) is 0 Å². The number of carbonyl (C=O) groups excluding carboxylic acids is 1. The van der Waals surface area contributed by atoms with Gasteiger partial charge in [-0.2, -0.15) is 0 Å². The molecule has 0 unspecified atom stereocenters. The molecule has 3 rings (SSSR count). The molecule has 1 amide bonds. The number of rotatable bonds is 9. The SMILES string of the molecule is O=C(CCSc1ccccc1)Nc1ccc(S(=O)(=O)NC[C@H]2CCCO2)cc1. The third-order valence-corrected chi connectivity index (χ3v) is 6.77. The molecule has 150 valence electrons. The Bertz CT molecular complexity index is 865. The Balaban J connectivity index is 1.45. The van der Waals surface area contributed by atoms with Crippen molar-refractivity contribution in [1.82, 2.24) is 4.72 Å². The van der Waals surface area contributed by atoms with Gasteiger partial charge in [0, 0.05) is 35.9 Å². The van der Waals surface area contributed by atoms with Gasteiger partial charge >= 0.3 is 0 Å². The van der Waals surface area contributed by atoms with Crippen molar-refractivity contribution in [1.29, 1.82) is 0 Å². The third kappa shape index (κ3) is 6.34. The summed E-state index contributed by atoms with van der Waals surface area (Å²) in [5.41, 5.74) is 0.577. The van der Waals surface area contributed by atoms with E-state index in [1.54, 1.807) is 23.9 Å². The van der Waals surface area contributed by atoms with Crippen LogP contribution in [0.25, 0.3) is 0 Å². The average Bonchev–Trinajstić information content (AvgIpc) is 3.21. The number of ether oxygens (including phenoxy) is 1. The number of thioether (sulfide) groups is 1. The van der Waals surface area contributed by atoms with Crippen LogP contribution in [0.4, 0.5) is 5.69 Å². The standard InChI is InChI=1S/C20H24N2O4S2/c23-20(12-14-27-18-6-2-1-3-7-18)22-16-8-10-19(11-9-16)28(24,25)21-15-17-5-4-13-26-17/h1-3,6-11,17,21H,4-5,12-15H2,(H,22,23)/t17-/m1/s1. The zero-order chi connectivity index (χ0) is 19.8. The molecule has 0 saturated carbocycles. The average molecular weight is 421 g/mol. The summed E-state index contributed by atoms with van der Waals surface area (Å²) in [7, 11) is -3.58. The minimum atomic E-state index is -3.58. The summed E-state index contributed by atoms with van der Waals surface area (Å²) in [5.74, 6) is 0.575. The highest BCUT2D eigenvalue weighted by molar-refractivity contribution is 7.99. The highest BCUT2D eigenvalue weighted by Crippen LogP contribution is 2.19. The first-order valence-electron chi connectivity index (χ1n) is 9.22. The molecule has 6 nitrogen and oxygen atoms in total. The molecule has 1 fully saturated rings. The molecule has 1 atom stereocenters. The number of hydrogen-bond acceptors (Lipinski definition) is 5. The maximum atomic E-state index is 12.3. The van der Waals surface area contributed by atoms with Crippen molar-refractivity contribution >= 4 is 33.4 Å². The van der Waals surface area contributed by atoms with E-state index in [4.69, 9.17) is 4.74 Å². The largest absolute Gasteiger partial charge is 0.377 e. The van der Waals surface area contributed by atoms with E-state index in [9.17, 15) is 13.2 Å². The molecule has 8 heteroatoms. The number of nitrogens with one attached hydrogen (secondary N) is 2. The van der Waals surface area contributed by atoms with E-state index in [1.165, 1.54) is 12.1 Å². The number of benzene rings is 2. The maximum Gasteiger partial charge on any atom is 0.240 e. The molecule has 2 aromatic carbocycles. The fourth-order valence-electron chi connectivity index (χ4n) is 2.81. The Morgan fingerprint density at radius 1 is 1.11 bits per heavy atom. The second kappa shape index (κ2) is 10.1. The predicted octanol–water partition coefficient (Wildman–Crippen LogP) is 3.26. The Kier molecular flexibility index (Phi) is 7.50. The van der Waals surface area contributed by atoms with Crippen LogP contribution in [0.15, 0.2) is 64.4 Å². The van der Waals surface area contributed by atoms with Crippen LogP contribution < -0.4 is 10.0 Å². The van der Waals surface area contributed by atoms with Crippen molar-refractivity contribution in [2.75, 3.05) is 24.2 Å². The molecular weight excluding hydrogens is 396 g/mol. The van der Waals surface area contributed by atoms with Gasteiger partial charge in [0.25, 0.3) is 0 Å². The number of hydrogen-bond donors (Lipinski definition) is 2. The smallest absolute Gasteiger partial charge is 0.240 e. The lowest BCUT2D eigenvalue weighted by atomic mass is 10.2. The first-order valence-corrected chi connectivity index (χ1v) is 11.7. The summed E-state index contributed by atoms with van der Waals surface area (Å²) in [6, 6.07) is 16.1. The molecule has 0 aromatic heterocycles. The zero-order valence-corrected chi connectivity index (χ0v) is 17.1. The topological polar surface area (TPSA) is 84.5 Å². The van der Waals surface area contributed by atoms with E-state index in [0.717, 1.165) is 17.7 Å². The van der Waals surface area contributed by atoms with Crippen LogP contribution in [0, 0.1) is 0 Å². The quantitative estimate of drug-likeness (QED) is 0.608. The molecule has 2 N–H and O–H groups in total. The van der Waals surface area contributed by atoms with Crippen molar-refractivity contribution in [2.45, 2.75) is 35.2 Å². The fourth-order valence-corrected chi connectivity index (χ4v) is 4.75. The minimum absolute atomic E-state index is 0.0536. The monoisotopic (exact) mass is 420 g/mol. The van der Waals surface area contributed by atoms with Gasteiger partial charge in [-0.05, 0) is 49.2 Å². The van der Waals surface area contributed by atoms with Gasteiger partial charge < -0.3 is 10.1 Å². The van der Waals surface area contributed by atoms with E-state index < -0.39 is 10.0 Å². The molecule has 1 saturated heterocycles. The van der Waals surface area contributed by atoms with Crippen molar-refractivity contribution in [3.63, 3.8) is 0 Å². The number of sulfonamides is 1. The summed E-state index contributed by atoms with van der Waals surface area (Å²) in [6.45, 7) is 0.963. The molecule has 0 radical (unpaired) electrons. The summed E-state index contributed by atoms with van der Waals surface area (Å²) in [5, 5.41) is 2.80. The molecule has 0 bridgehead atoms. The molecule has 1 aliphatic rings. The Labute approximate surface area is 170 Å². The second-order valence-electron chi connectivity index (χ2n) is 6.47. The highest BCUT2D eigenvalue weighted by atomic mass is 32.2. The van der Waals surface area contributed by atoms with Crippen LogP contribution in [0.3, 0.4) is 0 Å². The molecular formula is C20H24N2O4S2. The van der Waals surface area contributed by atoms with Gasteiger partial charge in [0.15, 0.2) is 0 Å². The summed E-state index contributed by atoms with van der Waals surface area (Å²) < 4.78 is 32.7. The van der Waals surface area contributed by atoms with Gasteiger partial charge in [-0.25, -0.2) is 13.1 Å². The lowest BCUT2D eigenvalue weighted by Crippen LogP contribution is -2.31. The van der Waals surface area contributed by atoms with E-state index in [0.29, 0.717) is 24.5 Å². The summed E-state index contributed by atoms with van der Waals surface area (Å²) in [6.07, 6.45) is 2.16. The fraction of sp³-hybridized carbons (Fsp3) is 0.350. The highest BCUT2D eigenvalue weighted by Gasteiger charge is 2.20. The van der Waals surface area contributed by atoms with E-state index >= 15 is 0 Å². The Hall–Kier alpha value is -1.87. The molecule has 2 aromatic rings. The van der Waals surface area contributed by atoms with Crippen molar-refractivity contribution in [3.05, 3.63) is 54.6 Å². The first-order chi connectivity index (χ1) is 13.5. The Morgan fingerprint density at radius 3 is 2.54 bits per heavy atom. The van der Waals surface area contributed by atoms with E-state index in [1.807, 2.05) is 30.3 Å². The zero-order valence-electron chi connectivity index (χ0n) is 15.5. The van der Waals surface area contributed by atoms with Gasteiger partial charge in [0.2, 0.25) is 15.9 Å². The molecule has 1 heterocycles. The lowest BCUT2D eigenvalue weighted by Gasteiger charge is -2.12. The normalized spacial score (nSPS) is 16.8. The third-order valence-electron chi connectivity index (χ3n) is 4.31. The van der Waals surface area contributed by atoms with Gasteiger partial charge in [-0.15, -0.1) is 11.8 Å². The predicted molar refractivity (Wildman–Crippen MR) is 111 cm³/mol. The first kappa shape index (κ1) is 20.9. The molecule has 28 heavy (non-hydrogen) atoms. The summed E-state index contributed by atoms with van der Waals surface area (Å²) >= 11 is 1.62. The van der Waals surface area contributed by atoms with Gasteiger partial charge in [-0.3, -0.25) is 4.79 Å². The number of amides is 1. The van der Waals surface area contributed by atoms with Crippen LogP contribution in [-0.2, 0) is 19.6 Å². The second-order valence-corrected chi connectivity index (χ2v) is 9.41. The van der Waals surface area contributed by atoms with Crippen molar-refractivity contribution in [3.8, 4) is 0 Å². The van der Waals surface area contributed by atoms with Gasteiger partial charge in [0.05, 0.1) is 11.0 Å². The number of carbonyl (C=O) groups is 1. The molecule has 0 aliphatic carbocycles. The van der Waals surface area contributed by atoms with Crippen molar-refractivity contribution in [2.24, 2.45) is 0 Å². The maximum absolute atomic E-state index is 12.3. The molecule has 1 aliphatic heterocycles.